The second-order valence-electron chi connectivity index (χ2n) is 5.12. The van der Waals surface area contributed by atoms with Gasteiger partial charge >= 0.3 is 6.03 Å². The van der Waals surface area contributed by atoms with Crippen molar-refractivity contribution in [2.45, 2.75) is 6.92 Å². The maximum atomic E-state index is 13.2. The smallest absolute Gasteiger partial charge is 0.321 e. The van der Waals surface area contributed by atoms with Gasteiger partial charge in [0.1, 0.15) is 18.2 Å². The predicted octanol–water partition coefficient (Wildman–Crippen LogP) is 4.33. The van der Waals surface area contributed by atoms with Crippen LogP contribution in [0.15, 0.2) is 42.5 Å². The molecule has 2 aromatic rings. The second kappa shape index (κ2) is 7.83. The summed E-state index contributed by atoms with van der Waals surface area (Å²) in [6, 6.07) is 11.2. The summed E-state index contributed by atoms with van der Waals surface area (Å²) in [5.74, 6) is 0.394. The SMILES string of the molecule is Cc1cc(NC(=O)N(C)CCOc2ccc(Cl)cc2)ccc1F. The van der Waals surface area contributed by atoms with Gasteiger partial charge in [0, 0.05) is 17.8 Å². The molecule has 2 amide bonds. The number of carbonyl (C=O) groups is 1. The lowest BCUT2D eigenvalue weighted by molar-refractivity contribution is 0.207. The molecule has 1 N–H and O–H groups in total. The Bertz CT molecular complexity index is 677. The number of hydrogen-bond donors (Lipinski definition) is 1. The number of benzene rings is 2. The van der Waals surface area contributed by atoms with Crippen LogP contribution in [0.1, 0.15) is 5.56 Å². The van der Waals surface area contributed by atoms with Gasteiger partial charge in [0.25, 0.3) is 0 Å². The van der Waals surface area contributed by atoms with Gasteiger partial charge in [-0.15, -0.1) is 0 Å². The van der Waals surface area contributed by atoms with Gasteiger partial charge in [0.15, 0.2) is 0 Å². The van der Waals surface area contributed by atoms with Crippen LogP contribution in [0.3, 0.4) is 0 Å². The molecule has 122 valence electrons. The van der Waals surface area contributed by atoms with Crippen LogP contribution in [0.4, 0.5) is 14.9 Å². The van der Waals surface area contributed by atoms with Crippen molar-refractivity contribution in [3.05, 3.63) is 58.9 Å². The third-order valence-corrected chi connectivity index (χ3v) is 3.52. The summed E-state index contributed by atoms with van der Waals surface area (Å²) in [6.45, 7) is 2.41. The van der Waals surface area contributed by atoms with Crippen molar-refractivity contribution in [2.24, 2.45) is 0 Å². The van der Waals surface area contributed by atoms with Crippen molar-refractivity contribution in [1.82, 2.24) is 4.90 Å². The van der Waals surface area contributed by atoms with Gasteiger partial charge < -0.3 is 15.0 Å². The highest BCUT2D eigenvalue weighted by molar-refractivity contribution is 6.30. The summed E-state index contributed by atoms with van der Waals surface area (Å²) >= 11 is 5.80. The number of ether oxygens (including phenoxy) is 1. The monoisotopic (exact) mass is 336 g/mol. The first-order valence-electron chi connectivity index (χ1n) is 7.12. The number of likely N-dealkylation sites (N-methyl/N-ethyl adjacent to an activating group) is 1. The van der Waals surface area contributed by atoms with Gasteiger partial charge in [0.05, 0.1) is 6.54 Å². The van der Waals surface area contributed by atoms with E-state index in [4.69, 9.17) is 16.3 Å². The number of anilines is 1. The largest absolute Gasteiger partial charge is 0.492 e. The molecule has 0 unspecified atom stereocenters. The van der Waals surface area contributed by atoms with E-state index in [2.05, 4.69) is 5.32 Å². The number of nitrogens with one attached hydrogen (secondary N) is 1. The average molecular weight is 337 g/mol. The fraction of sp³-hybridized carbons (Fsp3) is 0.235. The van der Waals surface area contributed by atoms with Crippen molar-refractivity contribution in [2.75, 3.05) is 25.5 Å². The number of carbonyl (C=O) groups excluding carboxylic acids is 1. The Morgan fingerprint density at radius 3 is 2.61 bits per heavy atom. The number of rotatable bonds is 5. The van der Waals surface area contributed by atoms with Crippen LogP contribution < -0.4 is 10.1 Å². The molecule has 0 aliphatic heterocycles. The summed E-state index contributed by atoms with van der Waals surface area (Å²) in [5, 5.41) is 3.36. The van der Waals surface area contributed by atoms with Gasteiger partial charge in [-0.25, -0.2) is 9.18 Å². The van der Waals surface area contributed by atoms with E-state index in [9.17, 15) is 9.18 Å². The summed E-state index contributed by atoms with van der Waals surface area (Å²) in [7, 11) is 1.66. The number of halogens is 2. The van der Waals surface area contributed by atoms with E-state index in [0.717, 1.165) is 0 Å². The zero-order valence-corrected chi connectivity index (χ0v) is 13.7. The van der Waals surface area contributed by atoms with E-state index < -0.39 is 0 Å². The Hall–Kier alpha value is -2.27. The number of amides is 2. The topological polar surface area (TPSA) is 41.6 Å². The average Bonchev–Trinajstić information content (AvgIpc) is 2.52. The third-order valence-electron chi connectivity index (χ3n) is 3.26. The molecule has 0 spiro atoms. The van der Waals surface area contributed by atoms with Gasteiger partial charge in [0.2, 0.25) is 0 Å². The molecule has 0 saturated heterocycles. The first kappa shape index (κ1) is 17.1. The molecule has 0 bridgehead atoms. The zero-order chi connectivity index (χ0) is 16.8. The number of aryl methyl sites for hydroxylation is 1. The van der Waals surface area contributed by atoms with E-state index >= 15 is 0 Å². The lowest BCUT2D eigenvalue weighted by atomic mass is 10.2. The first-order valence-corrected chi connectivity index (χ1v) is 7.50. The maximum absolute atomic E-state index is 13.2. The van der Waals surface area contributed by atoms with Gasteiger partial charge in [-0.05, 0) is 55.0 Å². The number of urea groups is 1. The fourth-order valence-corrected chi connectivity index (χ4v) is 2.00. The van der Waals surface area contributed by atoms with Gasteiger partial charge in [-0.2, -0.15) is 0 Å². The molecular formula is C17H18ClFN2O2. The molecule has 6 heteroatoms. The van der Waals surface area contributed by atoms with E-state index in [1.54, 1.807) is 44.3 Å². The molecule has 0 aromatic heterocycles. The molecule has 0 fully saturated rings. The second-order valence-corrected chi connectivity index (χ2v) is 5.55. The molecule has 0 atom stereocenters. The molecule has 23 heavy (non-hydrogen) atoms. The maximum Gasteiger partial charge on any atom is 0.321 e. The Morgan fingerprint density at radius 2 is 1.96 bits per heavy atom. The van der Waals surface area contributed by atoms with Crippen LogP contribution in [0.5, 0.6) is 5.75 Å². The van der Waals surface area contributed by atoms with E-state index in [0.29, 0.717) is 35.2 Å². The standard InChI is InChI=1S/C17H18ClFN2O2/c1-12-11-14(5-8-16(12)19)20-17(22)21(2)9-10-23-15-6-3-13(18)4-7-15/h3-8,11H,9-10H2,1-2H3,(H,20,22). The van der Waals surface area contributed by atoms with Crippen LogP contribution in [0, 0.1) is 12.7 Å². The van der Waals surface area contributed by atoms with E-state index in [1.807, 2.05) is 0 Å². The summed E-state index contributed by atoms with van der Waals surface area (Å²) in [4.78, 5) is 13.5. The Balaban J connectivity index is 1.80. The van der Waals surface area contributed by atoms with E-state index in [1.165, 1.54) is 17.0 Å². The van der Waals surface area contributed by atoms with Crippen LogP contribution in [-0.4, -0.2) is 31.1 Å². The van der Waals surface area contributed by atoms with Crippen LogP contribution in [-0.2, 0) is 0 Å². The van der Waals surface area contributed by atoms with Crippen LogP contribution >= 0.6 is 11.6 Å². The number of hydrogen-bond acceptors (Lipinski definition) is 2. The van der Waals surface area contributed by atoms with Crippen LogP contribution in [0.2, 0.25) is 5.02 Å². The van der Waals surface area contributed by atoms with E-state index in [-0.39, 0.29) is 11.8 Å². The van der Waals surface area contributed by atoms with Gasteiger partial charge in [-0.1, -0.05) is 11.6 Å². The minimum atomic E-state index is -0.298. The minimum absolute atomic E-state index is 0.282. The molecule has 2 rings (SSSR count). The van der Waals surface area contributed by atoms with Crippen molar-refractivity contribution in [3.8, 4) is 5.75 Å². The highest BCUT2D eigenvalue weighted by Crippen LogP contribution is 2.16. The molecule has 4 nitrogen and oxygen atoms in total. The molecule has 0 saturated carbocycles. The van der Waals surface area contributed by atoms with Gasteiger partial charge in [-0.3, -0.25) is 0 Å². The van der Waals surface area contributed by atoms with Crippen molar-refractivity contribution < 1.29 is 13.9 Å². The Morgan fingerprint density at radius 1 is 1.26 bits per heavy atom. The van der Waals surface area contributed by atoms with Crippen LogP contribution in [0.25, 0.3) is 0 Å². The normalized spacial score (nSPS) is 10.3. The molecule has 0 heterocycles. The minimum Gasteiger partial charge on any atom is -0.492 e. The summed E-state index contributed by atoms with van der Waals surface area (Å²) < 4.78 is 18.7. The summed E-state index contributed by atoms with van der Waals surface area (Å²) in [5.41, 5.74) is 1.04. The molecule has 0 aliphatic rings. The quantitative estimate of drug-likeness (QED) is 0.883. The molecule has 2 aromatic carbocycles. The molecular weight excluding hydrogens is 319 g/mol. The molecule has 0 radical (unpaired) electrons. The molecule has 0 aliphatic carbocycles. The van der Waals surface area contributed by atoms with Crippen molar-refractivity contribution >= 4 is 23.3 Å². The highest BCUT2D eigenvalue weighted by Gasteiger charge is 2.09. The predicted molar refractivity (Wildman–Crippen MR) is 89.7 cm³/mol. The Labute approximate surface area is 139 Å². The Kier molecular flexibility index (Phi) is 5.82. The lowest BCUT2D eigenvalue weighted by Gasteiger charge is -2.18. The highest BCUT2D eigenvalue weighted by atomic mass is 35.5. The zero-order valence-electron chi connectivity index (χ0n) is 13.0. The lowest BCUT2D eigenvalue weighted by Crippen LogP contribution is -2.34. The summed E-state index contributed by atoms with van der Waals surface area (Å²) in [6.07, 6.45) is 0. The third kappa shape index (κ3) is 5.14. The van der Waals surface area contributed by atoms with Crippen molar-refractivity contribution in [1.29, 1.82) is 0 Å². The van der Waals surface area contributed by atoms with Crippen molar-refractivity contribution in [3.63, 3.8) is 0 Å². The number of nitrogens with zero attached hydrogens (tertiary/aromatic N) is 1. The first-order chi connectivity index (χ1) is 11.0. The fourth-order valence-electron chi connectivity index (χ4n) is 1.87.